The van der Waals surface area contributed by atoms with Gasteiger partial charge in [0.15, 0.2) is 0 Å². The molecule has 0 unspecified atom stereocenters. The average molecular weight is 365 g/mol. The SMILES string of the molecule is COCCCNC(=O)[C@@H]1CCCN(c2nn3c(=O)cc(C)nc3s2)C1. The lowest BCUT2D eigenvalue weighted by molar-refractivity contribution is -0.125. The second kappa shape index (κ2) is 7.92. The molecule has 1 saturated heterocycles. The molecule has 136 valence electrons. The minimum absolute atomic E-state index is 0.0604. The Kier molecular flexibility index (Phi) is 5.64. The highest BCUT2D eigenvalue weighted by atomic mass is 32.1. The standard InChI is InChI=1S/C16H23N5O3S/c1-11-9-13(22)21-15(18-11)25-16(19-21)20-7-3-5-12(10-20)14(23)17-6-4-8-24-2/h9,12H,3-8,10H2,1-2H3,(H,17,23)/t12-/m1/s1. The highest BCUT2D eigenvalue weighted by Gasteiger charge is 2.27. The molecular weight excluding hydrogens is 342 g/mol. The Labute approximate surface area is 149 Å². The lowest BCUT2D eigenvalue weighted by atomic mass is 9.97. The molecule has 0 bridgehead atoms. The van der Waals surface area contributed by atoms with E-state index in [9.17, 15) is 9.59 Å². The summed E-state index contributed by atoms with van der Waals surface area (Å²) < 4.78 is 6.33. The minimum Gasteiger partial charge on any atom is -0.385 e. The van der Waals surface area contributed by atoms with Gasteiger partial charge in [0.1, 0.15) is 0 Å². The first-order valence-electron chi connectivity index (χ1n) is 8.47. The Morgan fingerprint density at radius 1 is 1.52 bits per heavy atom. The first-order chi connectivity index (χ1) is 12.1. The Morgan fingerprint density at radius 3 is 3.16 bits per heavy atom. The molecule has 0 aliphatic carbocycles. The van der Waals surface area contributed by atoms with Crippen molar-refractivity contribution in [3.63, 3.8) is 0 Å². The van der Waals surface area contributed by atoms with Crippen LogP contribution in [0.25, 0.3) is 4.96 Å². The molecule has 0 saturated carbocycles. The Bertz CT molecular complexity index is 803. The highest BCUT2D eigenvalue weighted by molar-refractivity contribution is 7.20. The van der Waals surface area contributed by atoms with Crippen LogP contribution in [0.15, 0.2) is 10.9 Å². The van der Waals surface area contributed by atoms with Crippen molar-refractivity contribution in [2.24, 2.45) is 5.92 Å². The highest BCUT2D eigenvalue weighted by Crippen LogP contribution is 2.26. The van der Waals surface area contributed by atoms with E-state index >= 15 is 0 Å². The number of hydrogen-bond donors (Lipinski definition) is 1. The van der Waals surface area contributed by atoms with Crippen LogP contribution in [0, 0.1) is 12.8 Å². The summed E-state index contributed by atoms with van der Waals surface area (Å²) in [4.78, 5) is 31.4. The van der Waals surface area contributed by atoms with Gasteiger partial charge in [-0.2, -0.15) is 4.52 Å². The molecule has 1 N–H and O–H groups in total. The van der Waals surface area contributed by atoms with Crippen LogP contribution in [0.3, 0.4) is 0 Å². The van der Waals surface area contributed by atoms with Gasteiger partial charge in [-0.3, -0.25) is 9.59 Å². The lowest BCUT2D eigenvalue weighted by Crippen LogP contribution is -2.43. The molecule has 2 aromatic rings. The minimum atomic E-state index is -0.172. The summed E-state index contributed by atoms with van der Waals surface area (Å²) in [5.41, 5.74) is 0.515. The zero-order valence-electron chi connectivity index (χ0n) is 14.5. The Morgan fingerprint density at radius 2 is 2.36 bits per heavy atom. The van der Waals surface area contributed by atoms with E-state index < -0.39 is 0 Å². The Hall–Kier alpha value is -2.00. The number of carbonyl (C=O) groups is 1. The molecular formula is C16H23N5O3S. The number of carbonyl (C=O) groups excluding carboxylic acids is 1. The number of rotatable bonds is 6. The number of fused-ring (bicyclic) bond motifs is 1. The number of methoxy groups -OCH3 is 1. The first kappa shape index (κ1) is 17.8. The van der Waals surface area contributed by atoms with Crippen LogP contribution in [0.5, 0.6) is 0 Å². The van der Waals surface area contributed by atoms with Crippen LogP contribution in [0.4, 0.5) is 5.13 Å². The van der Waals surface area contributed by atoms with Crippen LogP contribution < -0.4 is 15.8 Å². The molecule has 9 heteroatoms. The van der Waals surface area contributed by atoms with Gasteiger partial charge in [0.25, 0.3) is 5.56 Å². The van der Waals surface area contributed by atoms with Crippen molar-refractivity contribution < 1.29 is 9.53 Å². The number of ether oxygens (including phenoxy) is 1. The van der Waals surface area contributed by atoms with E-state index in [0.29, 0.717) is 30.4 Å². The largest absolute Gasteiger partial charge is 0.385 e. The van der Waals surface area contributed by atoms with Crippen molar-refractivity contribution in [3.8, 4) is 0 Å². The van der Waals surface area contributed by atoms with Gasteiger partial charge >= 0.3 is 0 Å². The molecule has 3 heterocycles. The zero-order chi connectivity index (χ0) is 17.8. The van der Waals surface area contributed by atoms with E-state index in [4.69, 9.17) is 4.74 Å². The molecule has 0 spiro atoms. The fraction of sp³-hybridized carbons (Fsp3) is 0.625. The van der Waals surface area contributed by atoms with Gasteiger partial charge in [0.2, 0.25) is 16.0 Å². The maximum absolute atomic E-state index is 12.3. The molecule has 2 aromatic heterocycles. The molecule has 3 rings (SSSR count). The van der Waals surface area contributed by atoms with Crippen molar-refractivity contribution in [2.45, 2.75) is 26.2 Å². The van der Waals surface area contributed by atoms with Gasteiger partial charge in [0, 0.05) is 45.1 Å². The van der Waals surface area contributed by atoms with Crippen LogP contribution in [0.1, 0.15) is 25.0 Å². The van der Waals surface area contributed by atoms with Gasteiger partial charge in [-0.15, -0.1) is 5.10 Å². The lowest BCUT2D eigenvalue weighted by Gasteiger charge is -2.31. The van der Waals surface area contributed by atoms with Gasteiger partial charge in [-0.05, 0) is 26.2 Å². The number of aromatic nitrogens is 3. The van der Waals surface area contributed by atoms with Crippen molar-refractivity contribution in [1.29, 1.82) is 0 Å². The summed E-state index contributed by atoms with van der Waals surface area (Å²) in [6.07, 6.45) is 2.60. The van der Waals surface area contributed by atoms with E-state index in [-0.39, 0.29) is 17.4 Å². The maximum atomic E-state index is 12.3. The molecule has 0 radical (unpaired) electrons. The number of piperidine rings is 1. The summed E-state index contributed by atoms with van der Waals surface area (Å²) in [6.45, 7) is 4.52. The smallest absolute Gasteiger partial charge is 0.275 e. The second-order valence-electron chi connectivity index (χ2n) is 6.24. The third-order valence-electron chi connectivity index (χ3n) is 4.25. The predicted octanol–water partition coefficient (Wildman–Crippen LogP) is 0.829. The van der Waals surface area contributed by atoms with Crippen molar-refractivity contribution in [1.82, 2.24) is 19.9 Å². The van der Waals surface area contributed by atoms with Crippen LogP contribution in [-0.2, 0) is 9.53 Å². The molecule has 1 atom stereocenters. The van der Waals surface area contributed by atoms with E-state index in [0.717, 1.165) is 30.9 Å². The van der Waals surface area contributed by atoms with Gasteiger partial charge in [0.05, 0.1) is 5.92 Å². The van der Waals surface area contributed by atoms with Gasteiger partial charge in [-0.25, -0.2) is 4.98 Å². The van der Waals surface area contributed by atoms with Crippen LogP contribution in [-0.4, -0.2) is 53.9 Å². The summed E-state index contributed by atoms with van der Waals surface area (Å²) in [5, 5.41) is 8.11. The number of hydrogen-bond acceptors (Lipinski definition) is 7. The Balaban J connectivity index is 1.68. The first-order valence-corrected chi connectivity index (χ1v) is 9.29. The third-order valence-corrected chi connectivity index (χ3v) is 5.22. The molecule has 25 heavy (non-hydrogen) atoms. The topological polar surface area (TPSA) is 88.8 Å². The maximum Gasteiger partial charge on any atom is 0.275 e. The van der Waals surface area contributed by atoms with E-state index in [1.54, 1.807) is 14.0 Å². The quantitative estimate of drug-likeness (QED) is 0.763. The zero-order valence-corrected chi connectivity index (χ0v) is 15.3. The fourth-order valence-electron chi connectivity index (χ4n) is 2.98. The molecule has 1 aliphatic rings. The van der Waals surface area contributed by atoms with E-state index in [2.05, 4.69) is 20.3 Å². The van der Waals surface area contributed by atoms with E-state index in [1.165, 1.54) is 21.9 Å². The summed E-state index contributed by atoms with van der Waals surface area (Å²) in [7, 11) is 1.65. The van der Waals surface area contributed by atoms with Crippen molar-refractivity contribution >= 4 is 27.3 Å². The number of nitrogens with one attached hydrogen (secondary N) is 1. The number of anilines is 1. The normalized spacial score (nSPS) is 17.8. The molecule has 1 aliphatic heterocycles. The van der Waals surface area contributed by atoms with Gasteiger partial charge in [-0.1, -0.05) is 11.3 Å². The number of amides is 1. The summed E-state index contributed by atoms with van der Waals surface area (Å²) in [6, 6.07) is 1.48. The van der Waals surface area contributed by atoms with Crippen molar-refractivity contribution in [3.05, 3.63) is 22.1 Å². The predicted molar refractivity (Wildman–Crippen MR) is 96.3 cm³/mol. The summed E-state index contributed by atoms with van der Waals surface area (Å²) >= 11 is 1.39. The van der Waals surface area contributed by atoms with E-state index in [1.807, 2.05) is 0 Å². The molecule has 1 amide bonds. The fourth-order valence-corrected chi connectivity index (χ4v) is 3.96. The van der Waals surface area contributed by atoms with Crippen molar-refractivity contribution in [2.75, 3.05) is 38.3 Å². The van der Waals surface area contributed by atoms with Gasteiger partial charge < -0.3 is 15.0 Å². The monoisotopic (exact) mass is 365 g/mol. The molecule has 1 fully saturated rings. The average Bonchev–Trinajstić information content (AvgIpc) is 3.03. The summed E-state index contributed by atoms with van der Waals surface area (Å²) in [5.74, 6) is 0.0165. The number of nitrogens with zero attached hydrogens (tertiary/aromatic N) is 4. The molecule has 8 nitrogen and oxygen atoms in total. The van der Waals surface area contributed by atoms with Crippen LogP contribution >= 0.6 is 11.3 Å². The number of aryl methyl sites for hydroxylation is 1. The third kappa shape index (κ3) is 4.16. The van der Waals surface area contributed by atoms with Crippen LogP contribution in [0.2, 0.25) is 0 Å². The molecule has 0 aromatic carbocycles. The second-order valence-corrected chi connectivity index (χ2v) is 7.17.